The molecule has 0 spiro atoms. The van der Waals surface area contributed by atoms with Crippen molar-refractivity contribution in [2.75, 3.05) is 18.4 Å². The smallest absolute Gasteiger partial charge is 0.292 e. The highest BCUT2D eigenvalue weighted by Crippen LogP contribution is 2.27. The van der Waals surface area contributed by atoms with Crippen LogP contribution in [0.2, 0.25) is 0 Å². The molecule has 1 aromatic carbocycles. The van der Waals surface area contributed by atoms with Crippen LogP contribution < -0.4 is 5.32 Å². The van der Waals surface area contributed by atoms with E-state index in [2.05, 4.69) is 5.32 Å². The van der Waals surface area contributed by atoms with Gasteiger partial charge in [0.15, 0.2) is 0 Å². The number of thiophene rings is 1. The molecule has 3 rings (SSSR count). The molecule has 1 aliphatic rings. The van der Waals surface area contributed by atoms with Gasteiger partial charge in [-0.05, 0) is 25.0 Å². The van der Waals surface area contributed by atoms with Crippen LogP contribution in [0.1, 0.15) is 28.9 Å². The van der Waals surface area contributed by atoms with Gasteiger partial charge >= 0.3 is 0 Å². The average molecular weight is 395 g/mol. The molecule has 1 fully saturated rings. The quantitative estimate of drug-likeness (QED) is 0.618. The van der Waals surface area contributed by atoms with Gasteiger partial charge in [0.25, 0.3) is 11.6 Å². The van der Waals surface area contributed by atoms with E-state index in [0.29, 0.717) is 13.1 Å². The second-order valence-corrected chi connectivity index (χ2v) is 8.69. The van der Waals surface area contributed by atoms with Crippen molar-refractivity contribution in [3.63, 3.8) is 0 Å². The number of carbonyl (C=O) groups is 1. The summed E-state index contributed by atoms with van der Waals surface area (Å²) in [6.07, 6.45) is 2.67. The number of hydrogen-bond donors (Lipinski definition) is 1. The number of nitrogens with one attached hydrogen (secondary N) is 1. The van der Waals surface area contributed by atoms with Crippen molar-refractivity contribution in [1.82, 2.24) is 4.31 Å². The minimum absolute atomic E-state index is 0.0661. The molecule has 1 aromatic heterocycles. The molecule has 0 aliphatic carbocycles. The van der Waals surface area contributed by atoms with E-state index in [-0.39, 0.29) is 21.1 Å². The molecule has 10 heteroatoms. The highest BCUT2D eigenvalue weighted by molar-refractivity contribution is 7.89. The summed E-state index contributed by atoms with van der Waals surface area (Å²) >= 11 is 0.994. The summed E-state index contributed by atoms with van der Waals surface area (Å²) in [6.45, 7) is 0.964. The molecule has 0 atom stereocenters. The van der Waals surface area contributed by atoms with Crippen LogP contribution in [0.15, 0.2) is 40.6 Å². The fourth-order valence-electron chi connectivity index (χ4n) is 2.75. The molecule has 1 saturated heterocycles. The van der Waals surface area contributed by atoms with Crippen LogP contribution in [-0.2, 0) is 10.0 Å². The molecule has 26 heavy (non-hydrogen) atoms. The van der Waals surface area contributed by atoms with Gasteiger partial charge in [0.2, 0.25) is 10.0 Å². The number of sulfonamides is 1. The van der Waals surface area contributed by atoms with Crippen molar-refractivity contribution in [2.24, 2.45) is 0 Å². The van der Waals surface area contributed by atoms with E-state index in [9.17, 15) is 23.3 Å². The van der Waals surface area contributed by atoms with Gasteiger partial charge in [-0.1, -0.05) is 18.6 Å². The highest BCUT2D eigenvalue weighted by atomic mass is 32.2. The lowest BCUT2D eigenvalue weighted by Crippen LogP contribution is -2.35. The normalized spacial score (nSPS) is 15.5. The summed E-state index contributed by atoms with van der Waals surface area (Å²) in [6, 6.07) is 7.11. The van der Waals surface area contributed by atoms with Gasteiger partial charge < -0.3 is 5.32 Å². The number of benzene rings is 1. The van der Waals surface area contributed by atoms with E-state index in [1.165, 1.54) is 34.0 Å². The number of nitro groups is 1. The lowest BCUT2D eigenvalue weighted by atomic mass is 10.2. The maximum atomic E-state index is 12.6. The fourth-order valence-corrected chi connectivity index (χ4v) is 5.42. The van der Waals surface area contributed by atoms with E-state index in [1.54, 1.807) is 6.07 Å². The average Bonchev–Trinajstić information content (AvgIpc) is 3.14. The molecule has 0 bridgehead atoms. The first-order valence-electron chi connectivity index (χ1n) is 8.03. The first-order valence-corrected chi connectivity index (χ1v) is 10.3. The predicted octanol–water partition coefficient (Wildman–Crippen LogP) is 3.08. The summed E-state index contributed by atoms with van der Waals surface area (Å²) in [5.41, 5.74) is -0.157. The van der Waals surface area contributed by atoms with Crippen LogP contribution in [0.5, 0.6) is 0 Å². The Morgan fingerprint density at radius 1 is 1.19 bits per heavy atom. The minimum atomic E-state index is -3.61. The predicted molar refractivity (Wildman–Crippen MR) is 98.0 cm³/mol. The lowest BCUT2D eigenvalue weighted by molar-refractivity contribution is -0.383. The highest BCUT2D eigenvalue weighted by Gasteiger charge is 2.28. The van der Waals surface area contributed by atoms with Crippen molar-refractivity contribution in [3.8, 4) is 0 Å². The third-order valence-corrected chi connectivity index (χ3v) is 7.06. The third kappa shape index (κ3) is 3.76. The molecule has 0 radical (unpaired) electrons. The van der Waals surface area contributed by atoms with Crippen LogP contribution in [0.4, 0.5) is 11.4 Å². The van der Waals surface area contributed by atoms with Crippen molar-refractivity contribution in [1.29, 1.82) is 0 Å². The van der Waals surface area contributed by atoms with E-state index in [0.717, 1.165) is 30.6 Å². The van der Waals surface area contributed by atoms with E-state index < -0.39 is 20.9 Å². The number of hydrogen-bond acceptors (Lipinski definition) is 6. The second-order valence-electron chi connectivity index (χ2n) is 5.84. The maximum absolute atomic E-state index is 12.6. The zero-order chi connectivity index (χ0) is 18.7. The Bertz CT molecular complexity index is 933. The summed E-state index contributed by atoms with van der Waals surface area (Å²) in [5.74, 6) is -0.579. The van der Waals surface area contributed by atoms with Gasteiger partial charge in [0.05, 0.1) is 14.7 Å². The number of nitrogens with zero attached hydrogens (tertiary/aromatic N) is 2. The van der Waals surface area contributed by atoms with Crippen LogP contribution in [-0.4, -0.2) is 36.6 Å². The van der Waals surface area contributed by atoms with Crippen LogP contribution in [0.25, 0.3) is 0 Å². The number of amides is 1. The van der Waals surface area contributed by atoms with E-state index in [4.69, 9.17) is 0 Å². The van der Waals surface area contributed by atoms with Crippen molar-refractivity contribution in [2.45, 2.75) is 24.2 Å². The summed E-state index contributed by atoms with van der Waals surface area (Å²) in [5, 5.41) is 14.9. The van der Waals surface area contributed by atoms with Gasteiger partial charge in [0, 0.05) is 24.5 Å². The number of piperidine rings is 1. The second kappa shape index (κ2) is 7.52. The largest absolute Gasteiger partial charge is 0.316 e. The fraction of sp³-hybridized carbons (Fsp3) is 0.312. The monoisotopic (exact) mass is 395 g/mol. The molecule has 138 valence electrons. The standard InChI is InChI=1S/C16H17N3O5S2/c20-16(17-13-6-2-3-7-14(13)19(21)22)15-10-12(11-25-15)26(23,24)18-8-4-1-5-9-18/h2-3,6-7,10-11H,1,4-5,8-9H2,(H,17,20). The number of para-hydroxylation sites is 2. The zero-order valence-corrected chi connectivity index (χ0v) is 15.4. The lowest BCUT2D eigenvalue weighted by Gasteiger charge is -2.25. The molecule has 2 aromatic rings. The SMILES string of the molecule is O=C(Nc1ccccc1[N+](=O)[O-])c1cc(S(=O)(=O)N2CCCCC2)cs1. The molecule has 1 N–H and O–H groups in total. The summed E-state index contributed by atoms with van der Waals surface area (Å²) < 4.78 is 26.7. The Morgan fingerprint density at radius 2 is 1.88 bits per heavy atom. The van der Waals surface area contributed by atoms with Gasteiger partial charge in [-0.2, -0.15) is 4.31 Å². The Balaban J connectivity index is 1.79. The van der Waals surface area contributed by atoms with Crippen molar-refractivity contribution < 1.29 is 18.1 Å². The first kappa shape index (κ1) is 18.5. The van der Waals surface area contributed by atoms with Crippen LogP contribution >= 0.6 is 11.3 Å². The Morgan fingerprint density at radius 3 is 2.58 bits per heavy atom. The Hall–Kier alpha value is -2.30. The van der Waals surface area contributed by atoms with Gasteiger partial charge in [-0.25, -0.2) is 8.42 Å². The van der Waals surface area contributed by atoms with E-state index >= 15 is 0 Å². The molecule has 0 unspecified atom stereocenters. The van der Waals surface area contributed by atoms with Crippen LogP contribution in [0.3, 0.4) is 0 Å². The molecule has 8 nitrogen and oxygen atoms in total. The Labute approximate surface area is 154 Å². The topological polar surface area (TPSA) is 110 Å². The number of nitro benzene ring substituents is 1. The van der Waals surface area contributed by atoms with Gasteiger partial charge in [-0.3, -0.25) is 14.9 Å². The van der Waals surface area contributed by atoms with Crippen molar-refractivity contribution in [3.05, 3.63) is 50.7 Å². The molecule has 1 aliphatic heterocycles. The Kier molecular flexibility index (Phi) is 5.35. The summed E-state index contributed by atoms with van der Waals surface area (Å²) in [4.78, 5) is 23.1. The maximum Gasteiger partial charge on any atom is 0.292 e. The molecular formula is C16H17N3O5S2. The van der Waals surface area contributed by atoms with Crippen LogP contribution in [0, 0.1) is 10.1 Å². The molecule has 1 amide bonds. The van der Waals surface area contributed by atoms with Gasteiger partial charge in [0.1, 0.15) is 5.69 Å². The number of rotatable bonds is 5. The number of carbonyl (C=O) groups excluding carboxylic acids is 1. The summed E-state index contributed by atoms with van der Waals surface area (Å²) in [7, 11) is -3.61. The zero-order valence-electron chi connectivity index (χ0n) is 13.8. The molecular weight excluding hydrogens is 378 g/mol. The molecule has 0 saturated carbocycles. The van der Waals surface area contributed by atoms with E-state index in [1.807, 2.05) is 0 Å². The minimum Gasteiger partial charge on any atom is -0.316 e. The third-order valence-electron chi connectivity index (χ3n) is 4.10. The first-order chi connectivity index (χ1) is 12.4. The number of anilines is 1. The van der Waals surface area contributed by atoms with Gasteiger partial charge in [-0.15, -0.1) is 11.3 Å². The molecule has 2 heterocycles. The van der Waals surface area contributed by atoms with Crippen molar-refractivity contribution >= 4 is 38.6 Å².